The Morgan fingerprint density at radius 2 is 2.13 bits per heavy atom. The van der Waals surface area contributed by atoms with E-state index < -0.39 is 0 Å². The molecule has 1 aliphatic rings. The Bertz CT molecular complexity index is 681. The van der Waals surface area contributed by atoms with Gasteiger partial charge < -0.3 is 10.2 Å². The number of hydrogen-bond donors (Lipinski definition) is 1. The van der Waals surface area contributed by atoms with E-state index in [4.69, 9.17) is 11.6 Å². The highest BCUT2D eigenvalue weighted by Gasteiger charge is 2.18. The van der Waals surface area contributed by atoms with Crippen LogP contribution in [0, 0.1) is 0 Å². The van der Waals surface area contributed by atoms with E-state index in [0.717, 1.165) is 18.8 Å². The summed E-state index contributed by atoms with van der Waals surface area (Å²) in [5, 5.41) is 5.92. The molecule has 6 heteroatoms. The Balaban J connectivity index is 1.63. The van der Waals surface area contributed by atoms with Crippen LogP contribution in [0.2, 0.25) is 5.02 Å². The molecule has 0 aliphatic carbocycles. The van der Waals surface area contributed by atoms with Gasteiger partial charge in [-0.2, -0.15) is 0 Å². The zero-order valence-corrected chi connectivity index (χ0v) is 15.3. The first kappa shape index (κ1) is 16.8. The Kier molecular flexibility index (Phi) is 5.64. The van der Waals surface area contributed by atoms with Gasteiger partial charge in [0, 0.05) is 15.8 Å². The second-order valence-electron chi connectivity index (χ2n) is 5.70. The number of piperidine rings is 1. The summed E-state index contributed by atoms with van der Waals surface area (Å²) in [6.07, 6.45) is 2.42. The molecule has 2 aromatic rings. The number of nitrogens with one attached hydrogen (secondary N) is 1. The molecular weight excluding hydrogens is 348 g/mol. The van der Waals surface area contributed by atoms with Crippen LogP contribution >= 0.6 is 34.7 Å². The van der Waals surface area contributed by atoms with Crippen LogP contribution in [0.4, 0.5) is 5.69 Å². The Morgan fingerprint density at radius 1 is 1.35 bits per heavy atom. The van der Waals surface area contributed by atoms with E-state index in [1.807, 2.05) is 35.3 Å². The van der Waals surface area contributed by atoms with Gasteiger partial charge in [0.2, 0.25) is 0 Å². The molecule has 122 valence electrons. The van der Waals surface area contributed by atoms with E-state index in [1.165, 1.54) is 29.1 Å². The van der Waals surface area contributed by atoms with Gasteiger partial charge in [0.15, 0.2) is 0 Å². The summed E-state index contributed by atoms with van der Waals surface area (Å²) in [6.45, 7) is 2.32. The zero-order valence-electron chi connectivity index (χ0n) is 12.9. The van der Waals surface area contributed by atoms with Gasteiger partial charge in [-0.15, -0.1) is 23.1 Å². The molecule has 0 bridgehead atoms. The van der Waals surface area contributed by atoms with Gasteiger partial charge >= 0.3 is 0 Å². The molecule has 1 saturated heterocycles. The summed E-state index contributed by atoms with van der Waals surface area (Å²) in [5.74, 6) is -0.147. The summed E-state index contributed by atoms with van der Waals surface area (Å²) in [4.78, 5) is 16.4. The van der Waals surface area contributed by atoms with Crippen molar-refractivity contribution in [1.82, 2.24) is 4.90 Å². The van der Waals surface area contributed by atoms with Gasteiger partial charge in [-0.25, -0.2) is 0 Å². The molecule has 1 aromatic heterocycles. The topological polar surface area (TPSA) is 32.3 Å². The number of nitrogens with zero attached hydrogens (tertiary/aromatic N) is 1. The van der Waals surface area contributed by atoms with Crippen molar-refractivity contribution in [3.8, 4) is 0 Å². The minimum Gasteiger partial charge on any atom is -0.321 e. The molecule has 0 radical (unpaired) electrons. The van der Waals surface area contributed by atoms with Crippen LogP contribution in [0.5, 0.6) is 0 Å². The number of amides is 1. The molecule has 1 fully saturated rings. The lowest BCUT2D eigenvalue weighted by molar-refractivity contribution is 0.103. The van der Waals surface area contributed by atoms with Crippen molar-refractivity contribution >= 4 is 46.3 Å². The van der Waals surface area contributed by atoms with Crippen LogP contribution in [-0.4, -0.2) is 36.2 Å². The number of thioether (sulfide) groups is 1. The number of carbonyl (C=O) groups is 1. The average Bonchev–Trinajstić information content (AvgIpc) is 2.96. The number of halogens is 1. The maximum atomic E-state index is 12.2. The van der Waals surface area contributed by atoms with E-state index in [1.54, 1.807) is 6.07 Å². The maximum Gasteiger partial charge on any atom is 0.267 e. The number of carbonyl (C=O) groups excluding carboxylic acids is 1. The van der Waals surface area contributed by atoms with Gasteiger partial charge in [0.25, 0.3) is 5.91 Å². The second-order valence-corrected chi connectivity index (χ2v) is 8.40. The van der Waals surface area contributed by atoms with E-state index in [9.17, 15) is 4.79 Å². The number of anilines is 1. The summed E-state index contributed by atoms with van der Waals surface area (Å²) in [7, 11) is 2.17. The van der Waals surface area contributed by atoms with Gasteiger partial charge in [-0.05, 0) is 62.6 Å². The Labute approximate surface area is 150 Å². The molecule has 0 spiro atoms. The summed E-state index contributed by atoms with van der Waals surface area (Å²) >= 11 is 9.28. The van der Waals surface area contributed by atoms with Crippen molar-refractivity contribution in [3.63, 3.8) is 0 Å². The molecule has 1 amide bonds. The van der Waals surface area contributed by atoms with Crippen molar-refractivity contribution < 1.29 is 4.79 Å². The van der Waals surface area contributed by atoms with Crippen molar-refractivity contribution in [3.05, 3.63) is 45.6 Å². The number of hydrogen-bond acceptors (Lipinski definition) is 4. The number of likely N-dealkylation sites (tertiary alicyclic amines) is 1. The molecule has 0 unspecified atom stereocenters. The molecule has 0 atom stereocenters. The van der Waals surface area contributed by atoms with Crippen LogP contribution in [0.15, 0.2) is 40.6 Å². The number of thiophene rings is 1. The molecule has 3 nitrogen and oxygen atoms in total. The standard InChI is InChI=1S/C17H19ClN2OS2/c1-20-8-5-13(6-9-20)23-14-4-2-3-12(11-14)19-17(21)16-15(18)7-10-22-16/h2-4,7,10-11,13H,5-6,8-9H2,1H3,(H,19,21). The molecule has 23 heavy (non-hydrogen) atoms. The summed E-state index contributed by atoms with van der Waals surface area (Å²) < 4.78 is 0. The lowest BCUT2D eigenvalue weighted by Crippen LogP contribution is -2.31. The first-order valence-corrected chi connectivity index (χ1v) is 9.75. The highest BCUT2D eigenvalue weighted by Crippen LogP contribution is 2.31. The fourth-order valence-corrected chi connectivity index (χ4v) is 4.81. The molecule has 3 rings (SSSR count). The molecule has 2 heterocycles. The third-order valence-corrected chi connectivity index (χ3v) is 6.55. The van der Waals surface area contributed by atoms with Crippen LogP contribution in [0.3, 0.4) is 0 Å². The smallest absolute Gasteiger partial charge is 0.267 e. The van der Waals surface area contributed by atoms with Gasteiger partial charge in [0.1, 0.15) is 4.88 Å². The van der Waals surface area contributed by atoms with E-state index in [-0.39, 0.29) is 5.91 Å². The fraction of sp³-hybridized carbons (Fsp3) is 0.353. The fourth-order valence-electron chi connectivity index (χ4n) is 2.59. The highest BCUT2D eigenvalue weighted by molar-refractivity contribution is 8.00. The highest BCUT2D eigenvalue weighted by atomic mass is 35.5. The van der Waals surface area contributed by atoms with E-state index in [2.05, 4.69) is 23.3 Å². The van der Waals surface area contributed by atoms with Gasteiger partial charge in [-0.1, -0.05) is 17.7 Å². The van der Waals surface area contributed by atoms with Crippen molar-refractivity contribution in [2.75, 3.05) is 25.5 Å². The lowest BCUT2D eigenvalue weighted by Gasteiger charge is -2.28. The predicted octanol–water partition coefficient (Wildman–Crippen LogP) is 4.84. The summed E-state index contributed by atoms with van der Waals surface area (Å²) in [5.41, 5.74) is 0.817. The first-order chi connectivity index (χ1) is 11.1. The third-order valence-electron chi connectivity index (χ3n) is 3.88. The van der Waals surface area contributed by atoms with Crippen molar-refractivity contribution in [1.29, 1.82) is 0 Å². The zero-order chi connectivity index (χ0) is 16.2. The molecular formula is C17H19ClN2OS2. The normalized spacial score (nSPS) is 16.4. The minimum absolute atomic E-state index is 0.147. The van der Waals surface area contributed by atoms with Crippen molar-refractivity contribution in [2.45, 2.75) is 23.0 Å². The lowest BCUT2D eigenvalue weighted by atomic mass is 10.1. The van der Waals surface area contributed by atoms with Gasteiger partial charge in [-0.3, -0.25) is 4.79 Å². The van der Waals surface area contributed by atoms with Gasteiger partial charge in [0.05, 0.1) is 5.02 Å². The maximum absolute atomic E-state index is 12.2. The molecule has 1 aromatic carbocycles. The Hall–Kier alpha value is -1.01. The molecule has 1 aliphatic heterocycles. The van der Waals surface area contributed by atoms with E-state index in [0.29, 0.717) is 15.1 Å². The van der Waals surface area contributed by atoms with Crippen molar-refractivity contribution in [2.24, 2.45) is 0 Å². The second kappa shape index (κ2) is 7.71. The van der Waals surface area contributed by atoms with Crippen LogP contribution in [-0.2, 0) is 0 Å². The average molecular weight is 367 g/mol. The summed E-state index contributed by atoms with van der Waals surface area (Å²) in [6, 6.07) is 9.80. The minimum atomic E-state index is -0.147. The third kappa shape index (κ3) is 4.51. The van der Waals surface area contributed by atoms with E-state index >= 15 is 0 Å². The van der Waals surface area contributed by atoms with Crippen LogP contribution < -0.4 is 5.32 Å². The predicted molar refractivity (Wildman–Crippen MR) is 100 cm³/mol. The molecule has 1 N–H and O–H groups in total. The van der Waals surface area contributed by atoms with Crippen LogP contribution in [0.25, 0.3) is 0 Å². The monoisotopic (exact) mass is 366 g/mol. The quantitative estimate of drug-likeness (QED) is 0.840. The van der Waals surface area contributed by atoms with Crippen LogP contribution in [0.1, 0.15) is 22.5 Å². The number of rotatable bonds is 4. The largest absolute Gasteiger partial charge is 0.321 e. The first-order valence-electron chi connectivity index (χ1n) is 7.61. The SMILES string of the molecule is CN1CCC(Sc2cccc(NC(=O)c3sccc3Cl)c2)CC1. The number of benzene rings is 1. The Morgan fingerprint density at radius 3 is 2.83 bits per heavy atom. The molecule has 0 saturated carbocycles.